The zero-order valence-electron chi connectivity index (χ0n) is 16.4. The van der Waals surface area contributed by atoms with Gasteiger partial charge in [-0.25, -0.2) is 0 Å². The Labute approximate surface area is 149 Å². The van der Waals surface area contributed by atoms with Crippen molar-refractivity contribution in [2.75, 3.05) is 0 Å². The highest BCUT2D eigenvalue weighted by Gasteiger charge is 1.93. The third-order valence-corrected chi connectivity index (χ3v) is 3.21. The molecule has 0 aromatic heterocycles. The molecule has 0 aliphatic rings. The van der Waals surface area contributed by atoms with Crippen LogP contribution in [0.3, 0.4) is 0 Å². The van der Waals surface area contributed by atoms with E-state index in [-0.39, 0.29) is 6.42 Å². The highest BCUT2D eigenvalue weighted by molar-refractivity contribution is 5.75. The van der Waals surface area contributed by atoms with Crippen molar-refractivity contribution in [1.29, 1.82) is 0 Å². The summed E-state index contributed by atoms with van der Waals surface area (Å²) in [6, 6.07) is 0. The average Bonchev–Trinajstić information content (AvgIpc) is 2.46. The Morgan fingerprint density at radius 1 is 0.792 bits per heavy atom. The number of Topliss-reactive ketones (excluding diaryl/α,β-unsaturated/α-hetero) is 1. The maximum Gasteiger partial charge on any atom is 0.303 e. The Bertz CT molecular complexity index is 329. The first kappa shape index (κ1) is 24.9. The molecule has 0 atom stereocenters. The smallest absolute Gasteiger partial charge is 0.303 e. The van der Waals surface area contributed by atoms with Crippen molar-refractivity contribution in [1.82, 2.24) is 0 Å². The molecule has 0 aromatic rings. The number of hydrogen-bond donors (Lipinski definition) is 1. The van der Waals surface area contributed by atoms with Gasteiger partial charge in [-0.05, 0) is 57.3 Å². The highest BCUT2D eigenvalue weighted by atomic mass is 16.4. The van der Waals surface area contributed by atoms with E-state index in [2.05, 4.69) is 52.0 Å². The van der Waals surface area contributed by atoms with Gasteiger partial charge >= 0.3 is 5.97 Å². The van der Waals surface area contributed by atoms with Gasteiger partial charge in [0.1, 0.15) is 5.78 Å². The Morgan fingerprint density at radius 3 is 1.54 bits per heavy atom. The molecule has 0 heterocycles. The zero-order valence-corrected chi connectivity index (χ0v) is 16.4. The van der Waals surface area contributed by atoms with Gasteiger partial charge < -0.3 is 9.90 Å². The average molecular weight is 339 g/mol. The van der Waals surface area contributed by atoms with Crippen LogP contribution in [0.4, 0.5) is 0 Å². The molecule has 0 amide bonds. The van der Waals surface area contributed by atoms with E-state index in [9.17, 15) is 9.59 Å². The monoisotopic (exact) mass is 338 g/mol. The Morgan fingerprint density at radius 2 is 1.21 bits per heavy atom. The van der Waals surface area contributed by atoms with Crippen molar-refractivity contribution in [2.24, 2.45) is 11.8 Å². The molecule has 0 fully saturated rings. The van der Waals surface area contributed by atoms with Crippen LogP contribution in [0.5, 0.6) is 0 Å². The summed E-state index contributed by atoms with van der Waals surface area (Å²) >= 11 is 0. The van der Waals surface area contributed by atoms with Gasteiger partial charge in [0, 0.05) is 12.8 Å². The number of carbonyl (C=O) groups is 2. The van der Waals surface area contributed by atoms with E-state index in [0.717, 1.165) is 50.9 Å². The zero-order chi connectivity index (χ0) is 18.8. The predicted molar refractivity (Wildman–Crippen MR) is 103 cm³/mol. The Balaban J connectivity index is 0. The molecule has 0 bridgehead atoms. The van der Waals surface area contributed by atoms with Gasteiger partial charge in [-0.15, -0.1) is 0 Å². The summed E-state index contributed by atoms with van der Waals surface area (Å²) in [6.07, 6.45) is 15.5. The molecule has 0 radical (unpaired) electrons. The van der Waals surface area contributed by atoms with Crippen LogP contribution in [-0.2, 0) is 9.59 Å². The molecule has 3 nitrogen and oxygen atoms in total. The summed E-state index contributed by atoms with van der Waals surface area (Å²) in [5.74, 6) is 1.04. The number of hydrogen-bond acceptors (Lipinski definition) is 2. The number of rotatable bonds is 12. The predicted octanol–water partition coefficient (Wildman–Crippen LogP) is 6.19. The minimum Gasteiger partial charge on any atom is -0.481 e. The number of carboxylic acid groups (broad SMARTS) is 1. The first-order chi connectivity index (χ1) is 11.3. The largest absolute Gasteiger partial charge is 0.481 e. The fourth-order valence-electron chi connectivity index (χ4n) is 1.81. The lowest BCUT2D eigenvalue weighted by molar-refractivity contribution is -0.137. The molecule has 0 rings (SSSR count). The van der Waals surface area contributed by atoms with Crippen molar-refractivity contribution in [3.8, 4) is 0 Å². The number of carbonyl (C=O) groups excluding carboxylic acids is 1. The van der Waals surface area contributed by atoms with E-state index >= 15 is 0 Å². The number of ketones is 1. The second kappa shape index (κ2) is 18.0. The SMILES string of the molecule is CC(=O)CCC/C=C\CC(C)C.CC(C)C/C=C/CCCC(=O)O. The first-order valence-corrected chi connectivity index (χ1v) is 9.26. The van der Waals surface area contributed by atoms with Crippen molar-refractivity contribution < 1.29 is 14.7 Å². The summed E-state index contributed by atoms with van der Waals surface area (Å²) in [4.78, 5) is 20.7. The summed E-state index contributed by atoms with van der Waals surface area (Å²) in [5.41, 5.74) is 0. The van der Waals surface area contributed by atoms with Crippen LogP contribution in [0.15, 0.2) is 24.3 Å². The maximum absolute atomic E-state index is 10.6. The topological polar surface area (TPSA) is 54.4 Å². The lowest BCUT2D eigenvalue weighted by Gasteiger charge is -1.96. The lowest BCUT2D eigenvalue weighted by atomic mass is 10.1. The van der Waals surface area contributed by atoms with Crippen LogP contribution in [0.1, 0.15) is 86.0 Å². The molecule has 0 spiro atoms. The van der Waals surface area contributed by atoms with E-state index in [1.807, 2.05) is 0 Å². The standard InChI is InChI=1S/C11H20O.C10H18O2/c1-10(2)8-6-4-5-7-9-11(3)12;1-9(2)7-5-3-4-6-8-10(11)12/h4,6,10H,5,7-9H2,1-3H3;3,5,9H,4,6-8H2,1-2H3,(H,11,12)/b6-4-;5-3+. The van der Waals surface area contributed by atoms with Crippen molar-refractivity contribution in [2.45, 2.75) is 86.0 Å². The van der Waals surface area contributed by atoms with Gasteiger partial charge in [-0.2, -0.15) is 0 Å². The Hall–Kier alpha value is -1.38. The minimum atomic E-state index is -0.702. The third-order valence-electron chi connectivity index (χ3n) is 3.21. The first-order valence-electron chi connectivity index (χ1n) is 9.26. The van der Waals surface area contributed by atoms with Gasteiger partial charge in [0.15, 0.2) is 0 Å². The maximum atomic E-state index is 10.6. The molecule has 0 aliphatic heterocycles. The van der Waals surface area contributed by atoms with Crippen molar-refractivity contribution in [3.05, 3.63) is 24.3 Å². The number of carboxylic acids is 1. The van der Waals surface area contributed by atoms with Crippen LogP contribution < -0.4 is 0 Å². The van der Waals surface area contributed by atoms with E-state index in [1.54, 1.807) is 6.92 Å². The van der Waals surface area contributed by atoms with E-state index in [0.29, 0.717) is 11.7 Å². The molecule has 0 unspecified atom stereocenters. The van der Waals surface area contributed by atoms with Crippen LogP contribution in [0.2, 0.25) is 0 Å². The number of aliphatic carboxylic acids is 1. The van der Waals surface area contributed by atoms with Crippen LogP contribution in [-0.4, -0.2) is 16.9 Å². The lowest BCUT2D eigenvalue weighted by Crippen LogP contribution is -1.92. The van der Waals surface area contributed by atoms with Gasteiger partial charge in [0.2, 0.25) is 0 Å². The van der Waals surface area contributed by atoms with Gasteiger partial charge in [0.25, 0.3) is 0 Å². The summed E-state index contributed by atoms with van der Waals surface area (Å²) in [6.45, 7) is 10.4. The van der Waals surface area contributed by atoms with E-state index in [4.69, 9.17) is 5.11 Å². The van der Waals surface area contributed by atoms with Crippen LogP contribution in [0, 0.1) is 11.8 Å². The molecule has 0 aliphatic carbocycles. The van der Waals surface area contributed by atoms with Gasteiger partial charge in [-0.1, -0.05) is 52.0 Å². The fraction of sp³-hybridized carbons (Fsp3) is 0.714. The van der Waals surface area contributed by atoms with Gasteiger partial charge in [0.05, 0.1) is 0 Å². The molecule has 0 saturated carbocycles. The molecule has 3 heteroatoms. The molecular weight excluding hydrogens is 300 g/mol. The Kier molecular flexibility index (Phi) is 18.6. The van der Waals surface area contributed by atoms with Crippen molar-refractivity contribution in [3.63, 3.8) is 0 Å². The molecule has 1 N–H and O–H groups in total. The fourth-order valence-corrected chi connectivity index (χ4v) is 1.81. The molecule has 0 saturated heterocycles. The second-order valence-corrected chi connectivity index (χ2v) is 7.08. The summed E-state index contributed by atoms with van der Waals surface area (Å²) in [5, 5.41) is 8.33. The molecule has 0 aromatic carbocycles. The molecule has 140 valence electrons. The second-order valence-electron chi connectivity index (χ2n) is 7.08. The van der Waals surface area contributed by atoms with Crippen molar-refractivity contribution >= 4 is 11.8 Å². The summed E-state index contributed by atoms with van der Waals surface area (Å²) < 4.78 is 0. The van der Waals surface area contributed by atoms with Crippen LogP contribution >= 0.6 is 0 Å². The third kappa shape index (κ3) is 28.7. The van der Waals surface area contributed by atoms with E-state index in [1.165, 1.54) is 0 Å². The quantitative estimate of drug-likeness (QED) is 0.341. The number of unbranched alkanes of at least 4 members (excludes halogenated alkanes) is 2. The van der Waals surface area contributed by atoms with Crippen LogP contribution in [0.25, 0.3) is 0 Å². The normalized spacial score (nSPS) is 11.3. The number of allylic oxidation sites excluding steroid dienone is 4. The minimum absolute atomic E-state index is 0.284. The van der Waals surface area contributed by atoms with E-state index < -0.39 is 5.97 Å². The van der Waals surface area contributed by atoms with Gasteiger partial charge in [-0.3, -0.25) is 4.79 Å². The molecular formula is C21H38O3. The highest BCUT2D eigenvalue weighted by Crippen LogP contribution is 2.03. The molecule has 24 heavy (non-hydrogen) atoms. The summed E-state index contributed by atoms with van der Waals surface area (Å²) in [7, 11) is 0.